The highest BCUT2D eigenvalue weighted by Gasteiger charge is 2.27. The number of hydrogen-bond donors (Lipinski definition) is 1. The number of nitrogens with one attached hydrogen (secondary N) is 1. The number of hydrogen-bond acceptors (Lipinski definition) is 4. The summed E-state index contributed by atoms with van der Waals surface area (Å²) in [6.07, 6.45) is 7.55. The average molecular weight is 328 g/mol. The van der Waals surface area contributed by atoms with Gasteiger partial charge in [-0.15, -0.1) is 0 Å². The summed E-state index contributed by atoms with van der Waals surface area (Å²) in [4.78, 5) is 16.7. The Morgan fingerprint density at radius 2 is 2.25 bits per heavy atom. The number of ether oxygens (including phenoxy) is 1. The highest BCUT2D eigenvalue weighted by Crippen LogP contribution is 2.34. The lowest BCUT2D eigenvalue weighted by molar-refractivity contribution is -0.121. The van der Waals surface area contributed by atoms with Crippen molar-refractivity contribution < 1.29 is 9.53 Å². The van der Waals surface area contributed by atoms with Crippen LogP contribution in [-0.2, 0) is 11.8 Å². The number of nitrogens with zero attached hydrogens (tertiary/aromatic N) is 3. The van der Waals surface area contributed by atoms with E-state index in [1.165, 1.54) is 6.42 Å². The molecule has 3 rings (SSSR count). The van der Waals surface area contributed by atoms with Crippen molar-refractivity contribution in [3.8, 4) is 11.6 Å². The van der Waals surface area contributed by atoms with E-state index in [1.54, 1.807) is 30.2 Å². The highest BCUT2D eigenvalue weighted by atomic mass is 16.5. The van der Waals surface area contributed by atoms with Crippen LogP contribution in [0.2, 0.25) is 0 Å². The van der Waals surface area contributed by atoms with Crippen LogP contribution >= 0.6 is 0 Å². The van der Waals surface area contributed by atoms with Crippen LogP contribution in [0.4, 0.5) is 5.69 Å². The smallest absolute Gasteiger partial charge is 0.241 e. The molecular weight excluding hydrogens is 304 g/mol. The molecule has 0 spiro atoms. The van der Waals surface area contributed by atoms with Gasteiger partial charge in [0, 0.05) is 19.2 Å². The number of aromatic nitrogens is 3. The Bertz CT molecular complexity index is 711. The minimum atomic E-state index is 0.0636. The lowest BCUT2D eigenvalue weighted by Gasteiger charge is -2.25. The summed E-state index contributed by atoms with van der Waals surface area (Å²) in [6, 6.07) is 3.63. The number of anilines is 1. The summed E-state index contributed by atoms with van der Waals surface area (Å²) < 4.78 is 7.53. The van der Waals surface area contributed by atoms with Crippen LogP contribution in [0.1, 0.15) is 38.3 Å². The molecule has 1 amide bonds. The van der Waals surface area contributed by atoms with Crippen molar-refractivity contribution >= 4 is 11.6 Å². The van der Waals surface area contributed by atoms with Gasteiger partial charge >= 0.3 is 0 Å². The Morgan fingerprint density at radius 1 is 1.42 bits per heavy atom. The van der Waals surface area contributed by atoms with E-state index >= 15 is 0 Å². The molecule has 0 radical (unpaired) electrons. The summed E-state index contributed by atoms with van der Waals surface area (Å²) in [5, 5.41) is 7.42. The van der Waals surface area contributed by atoms with Crippen LogP contribution in [0.5, 0.6) is 11.6 Å². The molecule has 1 aliphatic rings. The lowest BCUT2D eigenvalue weighted by atomic mass is 9.82. The number of carbonyl (C=O) groups is 1. The number of carbonyl (C=O) groups excluding carboxylic acids is 1. The minimum Gasteiger partial charge on any atom is -0.436 e. The van der Waals surface area contributed by atoms with Crippen LogP contribution in [-0.4, -0.2) is 20.7 Å². The van der Waals surface area contributed by atoms with Crippen molar-refractivity contribution in [2.24, 2.45) is 18.9 Å². The predicted molar refractivity (Wildman–Crippen MR) is 92.0 cm³/mol. The number of rotatable bonds is 4. The monoisotopic (exact) mass is 328 g/mol. The molecule has 1 N–H and O–H groups in total. The molecule has 2 aromatic rings. The van der Waals surface area contributed by atoms with Crippen LogP contribution in [0, 0.1) is 18.8 Å². The van der Waals surface area contributed by atoms with Gasteiger partial charge in [0.2, 0.25) is 11.8 Å². The van der Waals surface area contributed by atoms with E-state index in [1.807, 2.05) is 13.0 Å². The van der Waals surface area contributed by atoms with Crippen molar-refractivity contribution in [3.05, 3.63) is 30.2 Å². The normalized spacial score (nSPS) is 20.6. The second kappa shape index (κ2) is 7.03. The first-order valence-corrected chi connectivity index (χ1v) is 8.47. The Labute approximate surface area is 142 Å². The summed E-state index contributed by atoms with van der Waals surface area (Å²) >= 11 is 0. The van der Waals surface area contributed by atoms with E-state index < -0.39 is 0 Å². The summed E-state index contributed by atoms with van der Waals surface area (Å²) in [5.41, 5.74) is 1.39. The Hall–Kier alpha value is -2.37. The first-order valence-electron chi connectivity index (χ1n) is 8.47. The third-order valence-electron chi connectivity index (χ3n) is 4.57. The summed E-state index contributed by atoms with van der Waals surface area (Å²) in [7, 11) is 1.80. The van der Waals surface area contributed by atoms with Gasteiger partial charge in [-0.2, -0.15) is 5.10 Å². The average Bonchev–Trinajstić information content (AvgIpc) is 2.83. The Morgan fingerprint density at radius 3 is 2.96 bits per heavy atom. The van der Waals surface area contributed by atoms with Crippen molar-refractivity contribution in [3.63, 3.8) is 0 Å². The molecule has 0 saturated heterocycles. The van der Waals surface area contributed by atoms with Gasteiger partial charge in [-0.25, -0.2) is 4.68 Å². The summed E-state index contributed by atoms with van der Waals surface area (Å²) in [6.45, 7) is 4.08. The molecule has 24 heavy (non-hydrogen) atoms. The lowest BCUT2D eigenvalue weighted by Crippen LogP contribution is -2.27. The largest absolute Gasteiger partial charge is 0.436 e. The van der Waals surface area contributed by atoms with Gasteiger partial charge < -0.3 is 10.1 Å². The molecule has 1 saturated carbocycles. The molecule has 0 aromatic carbocycles. The molecule has 6 heteroatoms. The molecular formula is C18H24N4O2. The fourth-order valence-corrected chi connectivity index (χ4v) is 3.31. The second-order valence-electron chi connectivity index (χ2n) is 6.64. The molecule has 2 heterocycles. The third-order valence-corrected chi connectivity index (χ3v) is 4.57. The van der Waals surface area contributed by atoms with E-state index in [-0.39, 0.29) is 11.8 Å². The topological polar surface area (TPSA) is 69.0 Å². The fraction of sp³-hybridized carbons (Fsp3) is 0.500. The molecule has 128 valence electrons. The maximum Gasteiger partial charge on any atom is 0.241 e. The minimum absolute atomic E-state index is 0.0636. The molecule has 0 unspecified atom stereocenters. The van der Waals surface area contributed by atoms with Crippen molar-refractivity contribution in [2.45, 2.75) is 39.5 Å². The van der Waals surface area contributed by atoms with Crippen molar-refractivity contribution in [2.75, 3.05) is 5.32 Å². The van der Waals surface area contributed by atoms with E-state index in [4.69, 9.17) is 4.74 Å². The zero-order chi connectivity index (χ0) is 17.1. The third kappa shape index (κ3) is 3.58. The first kappa shape index (κ1) is 16.5. The summed E-state index contributed by atoms with van der Waals surface area (Å²) in [5.74, 6) is 1.88. The Kier molecular flexibility index (Phi) is 4.83. The number of aryl methyl sites for hydroxylation is 2. The van der Waals surface area contributed by atoms with Crippen LogP contribution in [0.3, 0.4) is 0 Å². The predicted octanol–water partition coefficient (Wildman–Crippen LogP) is 3.68. The highest BCUT2D eigenvalue weighted by molar-refractivity contribution is 5.94. The van der Waals surface area contributed by atoms with Gasteiger partial charge in [-0.3, -0.25) is 9.78 Å². The molecule has 0 aliphatic heterocycles. The fourth-order valence-electron chi connectivity index (χ4n) is 3.31. The van der Waals surface area contributed by atoms with Crippen LogP contribution < -0.4 is 10.1 Å². The maximum atomic E-state index is 12.7. The Balaban J connectivity index is 1.79. The number of amides is 1. The van der Waals surface area contributed by atoms with Gasteiger partial charge in [-0.1, -0.05) is 19.8 Å². The zero-order valence-corrected chi connectivity index (χ0v) is 14.5. The zero-order valence-electron chi connectivity index (χ0n) is 14.5. The molecule has 2 aromatic heterocycles. The molecule has 6 nitrogen and oxygen atoms in total. The van der Waals surface area contributed by atoms with Gasteiger partial charge in [0.05, 0.1) is 11.9 Å². The van der Waals surface area contributed by atoms with E-state index in [0.717, 1.165) is 25.0 Å². The van der Waals surface area contributed by atoms with E-state index in [2.05, 4.69) is 22.3 Å². The van der Waals surface area contributed by atoms with Crippen LogP contribution in [0.15, 0.2) is 24.5 Å². The van der Waals surface area contributed by atoms with Crippen molar-refractivity contribution in [1.29, 1.82) is 0 Å². The van der Waals surface area contributed by atoms with Gasteiger partial charge in [0.1, 0.15) is 11.4 Å². The van der Waals surface area contributed by atoms with E-state index in [9.17, 15) is 4.79 Å². The SMILES string of the molecule is Cc1nn(C)c(Oc2cccnc2)c1NC(=O)[C@@H]1CCC[C@H](C)C1. The molecule has 2 atom stereocenters. The second-order valence-corrected chi connectivity index (χ2v) is 6.64. The molecule has 1 fully saturated rings. The van der Waals surface area contributed by atoms with E-state index in [0.29, 0.717) is 23.2 Å². The van der Waals surface area contributed by atoms with Gasteiger partial charge in [0.25, 0.3) is 0 Å². The standard InChI is InChI=1S/C18H24N4O2/c1-12-6-4-7-14(10-12)17(23)20-16-13(2)21-22(3)18(16)24-15-8-5-9-19-11-15/h5,8-9,11-12,14H,4,6-7,10H2,1-3H3,(H,20,23)/t12-,14+/m0/s1. The van der Waals surface area contributed by atoms with Crippen LogP contribution in [0.25, 0.3) is 0 Å². The molecule has 0 bridgehead atoms. The quantitative estimate of drug-likeness (QED) is 0.929. The number of pyridine rings is 1. The maximum absolute atomic E-state index is 12.7. The van der Waals surface area contributed by atoms with Crippen molar-refractivity contribution in [1.82, 2.24) is 14.8 Å². The molecule has 1 aliphatic carbocycles. The van der Waals surface area contributed by atoms with Gasteiger partial charge in [-0.05, 0) is 37.8 Å². The first-order chi connectivity index (χ1) is 11.5. The van der Waals surface area contributed by atoms with Gasteiger partial charge in [0.15, 0.2) is 0 Å².